The second-order valence-corrected chi connectivity index (χ2v) is 21.8. The van der Waals surface area contributed by atoms with Gasteiger partial charge in [0.05, 0.1) is 19.2 Å². The Morgan fingerprint density at radius 3 is 2.08 bits per heavy atom. The van der Waals surface area contributed by atoms with Crippen LogP contribution in [0.3, 0.4) is 0 Å². The van der Waals surface area contributed by atoms with E-state index in [4.69, 9.17) is 0 Å². The lowest BCUT2D eigenvalue weighted by Gasteiger charge is -2.36. The van der Waals surface area contributed by atoms with Crippen molar-refractivity contribution in [3.05, 3.63) is 151 Å². The summed E-state index contributed by atoms with van der Waals surface area (Å²) in [6.45, 7) is 21.5. The third-order valence-electron chi connectivity index (χ3n) is 11.8. The number of nitrogens with zero attached hydrogens (tertiary/aromatic N) is 2. The molecule has 4 aromatic carbocycles. The molecule has 0 fully saturated rings. The molecule has 2 nitrogen and oxygen atoms in total. The van der Waals surface area contributed by atoms with Gasteiger partial charge in [0, 0.05) is 34.9 Å². The van der Waals surface area contributed by atoms with Crippen LogP contribution in [0.2, 0.25) is 19.6 Å². The molecule has 4 atom stereocenters. The largest absolute Gasteiger partial charge is 0.213 e. The first-order chi connectivity index (χ1) is 24.0. The minimum Gasteiger partial charge on any atom is -0.194 e. The summed E-state index contributed by atoms with van der Waals surface area (Å²) in [6, 6.07) is 41.4. The number of aromatic nitrogens is 2. The highest BCUT2D eigenvalue weighted by atomic mass is 28.3. The van der Waals surface area contributed by atoms with Gasteiger partial charge in [-0.3, -0.25) is 0 Å². The van der Waals surface area contributed by atoms with Crippen molar-refractivity contribution in [1.82, 2.24) is 0 Å². The Bertz CT molecular complexity index is 2280. The van der Waals surface area contributed by atoms with E-state index in [0.717, 1.165) is 6.42 Å². The Morgan fingerprint density at radius 2 is 1.36 bits per heavy atom. The fourth-order valence-electron chi connectivity index (χ4n) is 8.86. The first kappa shape index (κ1) is 32.6. The van der Waals surface area contributed by atoms with Gasteiger partial charge in [-0.25, -0.2) is 0 Å². The first-order valence-corrected chi connectivity index (χ1v) is 21.9. The maximum atomic E-state index is 4.35. The van der Waals surface area contributed by atoms with E-state index in [2.05, 4.69) is 191 Å². The summed E-state index contributed by atoms with van der Waals surface area (Å²) in [7, 11) is -1.71. The van der Waals surface area contributed by atoms with Crippen LogP contribution in [0, 0.1) is 5.41 Å². The predicted molar refractivity (Wildman–Crippen MR) is 213 cm³/mol. The van der Waals surface area contributed by atoms with Crippen LogP contribution in [0.25, 0.3) is 44.4 Å². The highest BCUT2D eigenvalue weighted by molar-refractivity contribution is 6.89. The summed E-state index contributed by atoms with van der Waals surface area (Å²) in [4.78, 5) is 0. The molecule has 0 radical (unpaired) electrons. The maximum Gasteiger partial charge on any atom is 0.213 e. The molecule has 0 spiro atoms. The molecular weight excluding hydrogens is 621 g/mol. The van der Waals surface area contributed by atoms with Gasteiger partial charge in [0.25, 0.3) is 0 Å². The van der Waals surface area contributed by atoms with Gasteiger partial charge < -0.3 is 0 Å². The van der Waals surface area contributed by atoms with Crippen molar-refractivity contribution in [2.75, 3.05) is 0 Å². The van der Waals surface area contributed by atoms with Crippen molar-refractivity contribution < 1.29 is 9.13 Å². The number of fused-ring (bicyclic) bond motifs is 7. The van der Waals surface area contributed by atoms with Crippen LogP contribution >= 0.6 is 0 Å². The van der Waals surface area contributed by atoms with Crippen LogP contribution in [0.1, 0.15) is 74.7 Å². The molecule has 0 N–H and O–H groups in total. The quantitative estimate of drug-likeness (QED) is 0.0947. The fraction of sp³-hybridized carbons (Fsp3) is 0.277. The average Bonchev–Trinajstić information content (AvgIpc) is 3.43. The number of benzene rings is 4. The highest BCUT2D eigenvalue weighted by Gasteiger charge is 2.52. The van der Waals surface area contributed by atoms with Gasteiger partial charge in [-0.05, 0) is 57.0 Å². The van der Waals surface area contributed by atoms with Gasteiger partial charge in [-0.1, -0.05) is 132 Å². The molecule has 2 aliphatic heterocycles. The molecule has 8 rings (SSSR count). The Hall–Kier alpha value is -4.60. The highest BCUT2D eigenvalue weighted by Crippen LogP contribution is 2.51. The summed E-state index contributed by atoms with van der Waals surface area (Å²) in [5, 5.41) is 4.14. The molecule has 0 bridgehead atoms. The zero-order chi connectivity index (χ0) is 34.9. The van der Waals surface area contributed by atoms with Gasteiger partial charge in [0.2, 0.25) is 11.4 Å². The van der Waals surface area contributed by atoms with Gasteiger partial charge >= 0.3 is 0 Å². The molecule has 6 aromatic rings. The van der Waals surface area contributed by atoms with Crippen molar-refractivity contribution in [2.24, 2.45) is 5.41 Å². The standard InChI is InChI=1S/C47H50N2Si/c1-9-17-42-45(38-23-14-12-21-36(38)43-28-40(31(2)47(3,4)5)44(30-48(42)43)50(6,7)8)46-39-24-15-13-22-37(39)41-27-26-33(29-49(41)46)35-25-16-19-32-18-10-11-20-34(32)35/h9-16,18-31,42,45-46H,1,17H2,2-8H3/q+2. The molecule has 4 heterocycles. The van der Waals surface area contributed by atoms with E-state index >= 15 is 0 Å². The van der Waals surface area contributed by atoms with E-state index < -0.39 is 8.07 Å². The van der Waals surface area contributed by atoms with E-state index in [-0.39, 0.29) is 23.4 Å². The average molecular weight is 671 g/mol. The van der Waals surface area contributed by atoms with Crippen molar-refractivity contribution in [3.8, 4) is 33.6 Å². The monoisotopic (exact) mass is 670 g/mol. The molecular formula is C47H50N2Si+2. The van der Waals surface area contributed by atoms with Crippen LogP contribution in [0.5, 0.6) is 0 Å². The first-order valence-electron chi connectivity index (χ1n) is 18.4. The number of rotatable bonds is 6. The minimum absolute atomic E-state index is 0.131. The fourth-order valence-corrected chi connectivity index (χ4v) is 10.5. The molecule has 3 heteroatoms. The Kier molecular flexibility index (Phi) is 7.84. The molecule has 2 aliphatic rings. The predicted octanol–water partition coefficient (Wildman–Crippen LogP) is 10.9. The van der Waals surface area contributed by atoms with Crippen LogP contribution < -0.4 is 14.3 Å². The van der Waals surface area contributed by atoms with Gasteiger partial charge in [-0.15, -0.1) is 6.58 Å². The van der Waals surface area contributed by atoms with Crippen LogP contribution in [-0.2, 0) is 0 Å². The number of allylic oxidation sites excluding steroid dienone is 1. The van der Waals surface area contributed by atoms with Gasteiger partial charge in [0.15, 0.2) is 24.5 Å². The zero-order valence-corrected chi connectivity index (χ0v) is 31.7. The molecule has 250 valence electrons. The lowest BCUT2D eigenvalue weighted by molar-refractivity contribution is -0.745. The molecule has 0 aliphatic carbocycles. The van der Waals surface area contributed by atoms with Crippen LogP contribution in [0.4, 0.5) is 0 Å². The lowest BCUT2D eigenvalue weighted by Crippen LogP contribution is -2.56. The van der Waals surface area contributed by atoms with Crippen LogP contribution in [-0.4, -0.2) is 8.07 Å². The van der Waals surface area contributed by atoms with E-state index in [1.54, 1.807) is 5.19 Å². The number of hydrogen-bond donors (Lipinski definition) is 0. The SMILES string of the molecule is C=CCC1C(C2c3ccccc3-c3ccc(-c4cccc5ccccc45)c[n+]32)c2ccccc2-c2cc(C(C)C(C)(C)C)c([Si](C)(C)C)c[n+]21. The summed E-state index contributed by atoms with van der Waals surface area (Å²) < 4.78 is 5.29. The van der Waals surface area contributed by atoms with E-state index in [1.807, 2.05) is 0 Å². The van der Waals surface area contributed by atoms with E-state index in [1.165, 1.54) is 61.1 Å². The second-order valence-electron chi connectivity index (χ2n) is 16.7. The van der Waals surface area contributed by atoms with E-state index in [0.29, 0.717) is 5.92 Å². The summed E-state index contributed by atoms with van der Waals surface area (Å²) in [5.74, 6) is 0.645. The lowest BCUT2D eigenvalue weighted by atomic mass is 9.74. The smallest absolute Gasteiger partial charge is 0.194 e. The summed E-state index contributed by atoms with van der Waals surface area (Å²) >= 11 is 0. The minimum atomic E-state index is -1.71. The Labute approximate surface area is 299 Å². The Morgan fingerprint density at radius 1 is 0.720 bits per heavy atom. The normalized spacial score (nSPS) is 18.6. The molecule has 0 amide bonds. The summed E-state index contributed by atoms with van der Waals surface area (Å²) in [5.41, 5.74) is 12.4. The second kappa shape index (κ2) is 12.0. The van der Waals surface area contributed by atoms with Gasteiger partial charge in [-0.2, -0.15) is 9.13 Å². The topological polar surface area (TPSA) is 7.76 Å². The molecule has 0 saturated carbocycles. The summed E-state index contributed by atoms with van der Waals surface area (Å²) in [6.07, 6.45) is 8.08. The molecule has 0 saturated heterocycles. The van der Waals surface area contributed by atoms with Gasteiger partial charge in [0.1, 0.15) is 5.92 Å². The van der Waals surface area contributed by atoms with E-state index in [9.17, 15) is 0 Å². The maximum absolute atomic E-state index is 4.35. The van der Waals surface area contributed by atoms with Crippen molar-refractivity contribution in [3.63, 3.8) is 0 Å². The number of pyridine rings is 2. The molecule has 4 unspecified atom stereocenters. The molecule has 50 heavy (non-hydrogen) atoms. The van der Waals surface area contributed by atoms with Crippen molar-refractivity contribution in [1.29, 1.82) is 0 Å². The third-order valence-corrected chi connectivity index (χ3v) is 13.8. The van der Waals surface area contributed by atoms with Crippen molar-refractivity contribution in [2.45, 2.75) is 77.7 Å². The number of hydrogen-bond acceptors (Lipinski definition) is 0. The Balaban J connectivity index is 1.38. The van der Waals surface area contributed by atoms with Crippen LogP contribution in [0.15, 0.2) is 134 Å². The third kappa shape index (κ3) is 5.21. The van der Waals surface area contributed by atoms with Crippen molar-refractivity contribution >= 4 is 24.0 Å². The molecule has 2 aromatic heterocycles. The zero-order valence-electron chi connectivity index (χ0n) is 30.7.